The van der Waals surface area contributed by atoms with Crippen molar-refractivity contribution in [2.75, 3.05) is 0 Å². The summed E-state index contributed by atoms with van der Waals surface area (Å²) in [5.74, 6) is 2.63. The zero-order chi connectivity index (χ0) is 8.84. The van der Waals surface area contributed by atoms with E-state index in [1.165, 1.54) is 12.8 Å². The quantitative estimate of drug-likeness (QED) is 0.515. The molecule has 0 aromatic carbocycles. The maximum Gasteiger partial charge on any atom is 0.159 e. The molecule has 0 N–H and O–H groups in total. The molecular formula is C12H14O. The first-order valence-corrected chi connectivity index (χ1v) is 5.25. The third-order valence-electron chi connectivity index (χ3n) is 3.93. The normalized spacial score (nSPS) is 46.6. The molecule has 0 radical (unpaired) electrons. The van der Waals surface area contributed by atoms with Gasteiger partial charge in [-0.25, -0.2) is 0 Å². The first kappa shape index (κ1) is 7.54. The SMILES string of the molecule is O=C1C=CC[C@H]2[C@@H]1[C@H]1C=C[C@@H]2CC1. The lowest BCUT2D eigenvalue weighted by atomic mass is 9.59. The van der Waals surface area contributed by atoms with Crippen molar-refractivity contribution in [3.05, 3.63) is 24.3 Å². The van der Waals surface area contributed by atoms with E-state index in [9.17, 15) is 4.79 Å². The molecule has 0 aromatic rings. The Morgan fingerprint density at radius 2 is 1.92 bits per heavy atom. The summed E-state index contributed by atoms with van der Waals surface area (Å²) in [6, 6.07) is 0. The molecule has 0 saturated heterocycles. The predicted octanol–water partition coefficient (Wildman–Crippen LogP) is 2.34. The highest BCUT2D eigenvalue weighted by Gasteiger charge is 2.43. The van der Waals surface area contributed by atoms with Crippen LogP contribution in [0.25, 0.3) is 0 Å². The monoisotopic (exact) mass is 174 g/mol. The van der Waals surface area contributed by atoms with Gasteiger partial charge in [0.1, 0.15) is 0 Å². The minimum atomic E-state index is 0.341. The average Bonchev–Trinajstić information content (AvgIpc) is 2.20. The van der Waals surface area contributed by atoms with Crippen LogP contribution in [0, 0.1) is 23.7 Å². The van der Waals surface area contributed by atoms with Gasteiger partial charge in [0.15, 0.2) is 5.78 Å². The fourth-order valence-electron chi connectivity index (χ4n) is 3.30. The second-order valence-electron chi connectivity index (χ2n) is 4.52. The van der Waals surface area contributed by atoms with Crippen molar-refractivity contribution in [3.8, 4) is 0 Å². The van der Waals surface area contributed by atoms with E-state index < -0.39 is 0 Å². The minimum Gasteiger partial charge on any atom is -0.295 e. The Morgan fingerprint density at radius 1 is 1.15 bits per heavy atom. The summed E-state index contributed by atoms with van der Waals surface area (Å²) in [5.41, 5.74) is 0. The van der Waals surface area contributed by atoms with E-state index in [1.54, 1.807) is 6.08 Å². The summed E-state index contributed by atoms with van der Waals surface area (Å²) in [6.45, 7) is 0. The topological polar surface area (TPSA) is 17.1 Å². The van der Waals surface area contributed by atoms with Crippen LogP contribution in [0.3, 0.4) is 0 Å². The number of rotatable bonds is 0. The third-order valence-corrected chi connectivity index (χ3v) is 3.93. The largest absolute Gasteiger partial charge is 0.295 e. The van der Waals surface area contributed by atoms with E-state index in [0.29, 0.717) is 29.5 Å². The van der Waals surface area contributed by atoms with Crippen molar-refractivity contribution in [2.24, 2.45) is 23.7 Å². The van der Waals surface area contributed by atoms with Crippen molar-refractivity contribution in [1.82, 2.24) is 0 Å². The molecule has 4 aliphatic rings. The maximum absolute atomic E-state index is 11.7. The zero-order valence-electron chi connectivity index (χ0n) is 7.65. The number of hydrogen-bond acceptors (Lipinski definition) is 1. The standard InChI is InChI=1S/C12H14O/c13-11-3-1-2-10-8-4-6-9(7-5-8)12(10)11/h1,3-4,6,8-10,12H,2,5,7H2/t8-,9+,10-,12+/m1/s1. The molecule has 0 amide bonds. The summed E-state index contributed by atoms with van der Waals surface area (Å²) in [7, 11) is 0. The first-order chi connectivity index (χ1) is 6.36. The average molecular weight is 174 g/mol. The van der Waals surface area contributed by atoms with Gasteiger partial charge in [-0.3, -0.25) is 4.79 Å². The lowest BCUT2D eigenvalue weighted by molar-refractivity contribution is -0.124. The van der Waals surface area contributed by atoms with Crippen molar-refractivity contribution in [1.29, 1.82) is 0 Å². The Bertz CT molecular complexity index is 300. The number of carbonyl (C=O) groups is 1. The van der Waals surface area contributed by atoms with Gasteiger partial charge in [-0.05, 0) is 43.1 Å². The van der Waals surface area contributed by atoms with Crippen LogP contribution in [0.15, 0.2) is 24.3 Å². The summed E-state index contributed by atoms with van der Waals surface area (Å²) >= 11 is 0. The van der Waals surface area contributed by atoms with Crippen LogP contribution < -0.4 is 0 Å². The fraction of sp³-hybridized carbons (Fsp3) is 0.583. The predicted molar refractivity (Wildman–Crippen MR) is 51.1 cm³/mol. The molecule has 2 bridgehead atoms. The van der Waals surface area contributed by atoms with E-state index in [2.05, 4.69) is 18.2 Å². The van der Waals surface area contributed by atoms with Gasteiger partial charge in [0.25, 0.3) is 0 Å². The third kappa shape index (κ3) is 0.962. The van der Waals surface area contributed by atoms with Gasteiger partial charge in [-0.15, -0.1) is 0 Å². The smallest absolute Gasteiger partial charge is 0.159 e. The zero-order valence-corrected chi connectivity index (χ0v) is 7.65. The molecule has 0 unspecified atom stereocenters. The van der Waals surface area contributed by atoms with Gasteiger partial charge in [-0.1, -0.05) is 18.2 Å². The van der Waals surface area contributed by atoms with Gasteiger partial charge < -0.3 is 0 Å². The molecule has 0 aromatic heterocycles. The van der Waals surface area contributed by atoms with E-state index >= 15 is 0 Å². The van der Waals surface area contributed by atoms with E-state index in [1.807, 2.05) is 0 Å². The van der Waals surface area contributed by atoms with Crippen molar-refractivity contribution in [2.45, 2.75) is 19.3 Å². The molecule has 0 aliphatic heterocycles. The van der Waals surface area contributed by atoms with Gasteiger partial charge in [0, 0.05) is 5.92 Å². The highest BCUT2D eigenvalue weighted by molar-refractivity contribution is 5.93. The van der Waals surface area contributed by atoms with Gasteiger partial charge in [0.2, 0.25) is 0 Å². The summed E-state index contributed by atoms with van der Waals surface area (Å²) in [5, 5.41) is 0. The highest BCUT2D eigenvalue weighted by Crippen LogP contribution is 2.48. The van der Waals surface area contributed by atoms with Crippen LogP contribution in [0.4, 0.5) is 0 Å². The van der Waals surface area contributed by atoms with Crippen molar-refractivity contribution >= 4 is 5.78 Å². The van der Waals surface area contributed by atoms with Crippen LogP contribution in [-0.2, 0) is 4.79 Å². The van der Waals surface area contributed by atoms with Crippen LogP contribution in [0.2, 0.25) is 0 Å². The number of hydrogen-bond donors (Lipinski definition) is 0. The van der Waals surface area contributed by atoms with E-state index in [4.69, 9.17) is 0 Å². The van der Waals surface area contributed by atoms with Crippen LogP contribution in [-0.4, -0.2) is 5.78 Å². The van der Waals surface area contributed by atoms with Gasteiger partial charge >= 0.3 is 0 Å². The Kier molecular flexibility index (Phi) is 1.49. The molecule has 1 nitrogen and oxygen atoms in total. The molecule has 4 rings (SSSR count). The molecule has 1 saturated carbocycles. The highest BCUT2D eigenvalue weighted by atomic mass is 16.1. The number of fused-ring (bicyclic) bond motifs is 1. The molecule has 0 spiro atoms. The van der Waals surface area contributed by atoms with Gasteiger partial charge in [0.05, 0.1) is 0 Å². The summed E-state index contributed by atoms with van der Waals surface area (Å²) in [4.78, 5) is 11.7. The second kappa shape index (κ2) is 2.57. The summed E-state index contributed by atoms with van der Waals surface area (Å²) < 4.78 is 0. The van der Waals surface area contributed by atoms with Crippen LogP contribution >= 0.6 is 0 Å². The molecule has 1 fully saturated rings. The summed E-state index contributed by atoms with van der Waals surface area (Å²) in [6.07, 6.45) is 12.2. The van der Waals surface area contributed by atoms with E-state index in [-0.39, 0.29) is 0 Å². The molecular weight excluding hydrogens is 160 g/mol. The minimum absolute atomic E-state index is 0.341. The molecule has 13 heavy (non-hydrogen) atoms. The van der Waals surface area contributed by atoms with Crippen molar-refractivity contribution in [3.63, 3.8) is 0 Å². The second-order valence-corrected chi connectivity index (χ2v) is 4.52. The number of ketones is 1. The molecule has 4 atom stereocenters. The Labute approximate surface area is 78.5 Å². The number of allylic oxidation sites excluding steroid dienone is 4. The fourth-order valence-corrected chi connectivity index (χ4v) is 3.30. The Balaban J connectivity index is 2.02. The first-order valence-electron chi connectivity index (χ1n) is 5.25. The van der Waals surface area contributed by atoms with Crippen molar-refractivity contribution < 1.29 is 4.79 Å². The Morgan fingerprint density at radius 3 is 2.62 bits per heavy atom. The molecule has 4 aliphatic carbocycles. The molecule has 0 heterocycles. The molecule has 68 valence electrons. The maximum atomic E-state index is 11.7. The van der Waals surface area contributed by atoms with Crippen LogP contribution in [0.1, 0.15) is 19.3 Å². The lowest BCUT2D eigenvalue weighted by Crippen LogP contribution is -2.42. The lowest BCUT2D eigenvalue weighted by Gasteiger charge is -2.45. The van der Waals surface area contributed by atoms with Gasteiger partial charge in [-0.2, -0.15) is 0 Å². The number of carbonyl (C=O) groups excluding carboxylic acids is 1. The Hall–Kier alpha value is -0.850. The van der Waals surface area contributed by atoms with E-state index in [0.717, 1.165) is 6.42 Å². The van der Waals surface area contributed by atoms with Crippen LogP contribution in [0.5, 0.6) is 0 Å². The molecule has 1 heteroatoms.